The van der Waals surface area contributed by atoms with E-state index in [0.29, 0.717) is 12.3 Å². The number of aliphatic carboxylic acids is 1. The molecule has 4 heteroatoms. The highest BCUT2D eigenvalue weighted by atomic mass is 16.4. The largest absolute Gasteiger partial charge is 0.479 e. The van der Waals surface area contributed by atoms with Crippen molar-refractivity contribution in [3.63, 3.8) is 0 Å². The Morgan fingerprint density at radius 1 is 1.64 bits per heavy atom. The third-order valence-corrected chi connectivity index (χ3v) is 2.28. The van der Waals surface area contributed by atoms with Gasteiger partial charge in [0.2, 0.25) is 0 Å². The van der Waals surface area contributed by atoms with Crippen molar-refractivity contribution in [2.24, 2.45) is 5.92 Å². The third-order valence-electron chi connectivity index (χ3n) is 2.28. The Hall–Kier alpha value is -1.32. The van der Waals surface area contributed by atoms with Crippen LogP contribution in [0.5, 0.6) is 0 Å². The van der Waals surface area contributed by atoms with E-state index < -0.39 is 11.5 Å². The number of aromatic nitrogens is 2. The van der Waals surface area contributed by atoms with Crippen molar-refractivity contribution in [1.29, 1.82) is 0 Å². The van der Waals surface area contributed by atoms with Crippen LogP contribution in [0.15, 0.2) is 18.5 Å². The summed E-state index contributed by atoms with van der Waals surface area (Å²) in [6.45, 7) is 5.71. The molecule has 0 saturated heterocycles. The van der Waals surface area contributed by atoms with Gasteiger partial charge in [0.15, 0.2) is 5.54 Å². The molecule has 1 unspecified atom stereocenters. The molecule has 0 aromatic carbocycles. The fourth-order valence-corrected chi connectivity index (χ4v) is 1.63. The fourth-order valence-electron chi connectivity index (χ4n) is 1.63. The Kier molecular flexibility index (Phi) is 2.93. The van der Waals surface area contributed by atoms with Crippen LogP contribution in [0.25, 0.3) is 0 Å². The average Bonchev–Trinajstić information content (AvgIpc) is 2.53. The number of hydrogen-bond donors (Lipinski definition) is 1. The zero-order valence-corrected chi connectivity index (χ0v) is 8.77. The summed E-state index contributed by atoms with van der Waals surface area (Å²) in [4.78, 5) is 11.2. The molecule has 1 aromatic rings. The molecule has 1 atom stereocenters. The van der Waals surface area contributed by atoms with Crippen LogP contribution in [-0.4, -0.2) is 20.9 Å². The first-order valence-corrected chi connectivity index (χ1v) is 4.70. The first kappa shape index (κ1) is 10.8. The summed E-state index contributed by atoms with van der Waals surface area (Å²) < 4.78 is 1.51. The highest BCUT2D eigenvalue weighted by Crippen LogP contribution is 2.24. The van der Waals surface area contributed by atoms with Crippen LogP contribution in [0.1, 0.15) is 27.2 Å². The number of hydrogen-bond acceptors (Lipinski definition) is 2. The van der Waals surface area contributed by atoms with E-state index in [0.717, 1.165) is 0 Å². The molecule has 0 spiro atoms. The van der Waals surface area contributed by atoms with Crippen LogP contribution < -0.4 is 0 Å². The van der Waals surface area contributed by atoms with E-state index in [-0.39, 0.29) is 0 Å². The van der Waals surface area contributed by atoms with Gasteiger partial charge in [0.05, 0.1) is 0 Å². The Balaban J connectivity index is 2.99. The number of carboxylic acid groups (broad SMARTS) is 1. The van der Waals surface area contributed by atoms with Crippen molar-refractivity contribution in [2.45, 2.75) is 32.7 Å². The van der Waals surface area contributed by atoms with Gasteiger partial charge in [0.25, 0.3) is 0 Å². The Morgan fingerprint density at radius 3 is 2.64 bits per heavy atom. The minimum atomic E-state index is -0.933. The Labute approximate surface area is 83.5 Å². The van der Waals surface area contributed by atoms with E-state index in [1.165, 1.54) is 4.68 Å². The fraction of sp³-hybridized carbons (Fsp3) is 0.600. The highest BCUT2D eigenvalue weighted by Gasteiger charge is 2.36. The molecule has 1 heterocycles. The number of carbonyl (C=O) groups is 1. The second-order valence-electron chi connectivity index (χ2n) is 4.13. The first-order valence-electron chi connectivity index (χ1n) is 4.70. The van der Waals surface area contributed by atoms with Crippen molar-refractivity contribution in [1.82, 2.24) is 9.78 Å². The van der Waals surface area contributed by atoms with Crippen LogP contribution in [0, 0.1) is 5.92 Å². The Bertz CT molecular complexity index is 306. The standard InChI is InChI=1S/C10H16N2O2/c1-8(2)7-10(3,9(13)14)12-6-4-5-11-12/h4-6,8H,7H2,1-3H3,(H,13,14). The third kappa shape index (κ3) is 1.95. The molecule has 0 aliphatic rings. The molecule has 0 aliphatic heterocycles. The van der Waals surface area contributed by atoms with E-state index in [2.05, 4.69) is 5.10 Å². The van der Waals surface area contributed by atoms with Crippen molar-refractivity contribution >= 4 is 5.97 Å². The van der Waals surface area contributed by atoms with E-state index in [1.807, 2.05) is 13.8 Å². The second-order valence-corrected chi connectivity index (χ2v) is 4.13. The molecular weight excluding hydrogens is 180 g/mol. The molecule has 0 amide bonds. The zero-order chi connectivity index (χ0) is 10.8. The Morgan fingerprint density at radius 2 is 2.29 bits per heavy atom. The summed E-state index contributed by atoms with van der Waals surface area (Å²) in [5.41, 5.74) is -0.933. The molecule has 0 fully saturated rings. The molecule has 4 nitrogen and oxygen atoms in total. The van der Waals surface area contributed by atoms with Crippen LogP contribution in [0.3, 0.4) is 0 Å². The molecule has 14 heavy (non-hydrogen) atoms. The van der Waals surface area contributed by atoms with Gasteiger partial charge >= 0.3 is 5.97 Å². The van der Waals surface area contributed by atoms with Crippen molar-refractivity contribution in [3.8, 4) is 0 Å². The summed E-state index contributed by atoms with van der Waals surface area (Å²) in [6, 6.07) is 1.74. The predicted molar refractivity (Wildman–Crippen MR) is 53.0 cm³/mol. The minimum absolute atomic E-state index is 0.320. The average molecular weight is 196 g/mol. The van der Waals surface area contributed by atoms with Crippen LogP contribution in [-0.2, 0) is 10.3 Å². The van der Waals surface area contributed by atoms with E-state index in [4.69, 9.17) is 0 Å². The van der Waals surface area contributed by atoms with Gasteiger partial charge in [-0.2, -0.15) is 5.10 Å². The zero-order valence-electron chi connectivity index (χ0n) is 8.77. The number of rotatable bonds is 4. The monoisotopic (exact) mass is 196 g/mol. The number of carboxylic acids is 1. The molecule has 78 valence electrons. The maximum Gasteiger partial charge on any atom is 0.331 e. The van der Waals surface area contributed by atoms with Gasteiger partial charge in [-0.1, -0.05) is 13.8 Å². The molecule has 0 saturated carbocycles. The summed E-state index contributed by atoms with van der Waals surface area (Å²) in [6.07, 6.45) is 3.86. The second kappa shape index (κ2) is 3.82. The van der Waals surface area contributed by atoms with Crippen LogP contribution in [0.2, 0.25) is 0 Å². The lowest BCUT2D eigenvalue weighted by atomic mass is 9.91. The van der Waals surface area contributed by atoms with Crippen molar-refractivity contribution in [3.05, 3.63) is 18.5 Å². The van der Waals surface area contributed by atoms with Gasteiger partial charge < -0.3 is 5.11 Å². The highest BCUT2D eigenvalue weighted by molar-refractivity contribution is 5.76. The van der Waals surface area contributed by atoms with Gasteiger partial charge in [-0.25, -0.2) is 4.79 Å². The van der Waals surface area contributed by atoms with Crippen molar-refractivity contribution in [2.75, 3.05) is 0 Å². The maximum absolute atomic E-state index is 11.2. The van der Waals surface area contributed by atoms with Gasteiger partial charge in [0, 0.05) is 12.4 Å². The summed E-state index contributed by atoms with van der Waals surface area (Å²) >= 11 is 0. The van der Waals surface area contributed by atoms with Crippen molar-refractivity contribution < 1.29 is 9.90 Å². The predicted octanol–water partition coefficient (Wildman–Crippen LogP) is 1.73. The topological polar surface area (TPSA) is 55.1 Å². The smallest absolute Gasteiger partial charge is 0.331 e. The summed E-state index contributed by atoms with van der Waals surface area (Å²) in [7, 11) is 0. The van der Waals surface area contributed by atoms with Crippen LogP contribution in [0.4, 0.5) is 0 Å². The molecule has 0 aliphatic carbocycles. The maximum atomic E-state index is 11.2. The van der Waals surface area contributed by atoms with Gasteiger partial charge in [0.1, 0.15) is 0 Å². The quantitative estimate of drug-likeness (QED) is 0.797. The van der Waals surface area contributed by atoms with Crippen LogP contribution >= 0.6 is 0 Å². The lowest BCUT2D eigenvalue weighted by molar-refractivity contribution is -0.148. The molecule has 1 rings (SSSR count). The minimum Gasteiger partial charge on any atom is -0.479 e. The summed E-state index contributed by atoms with van der Waals surface area (Å²) in [5.74, 6) is -0.518. The first-order chi connectivity index (χ1) is 6.47. The normalized spacial score (nSPS) is 15.4. The summed E-state index contributed by atoms with van der Waals surface area (Å²) in [5, 5.41) is 13.2. The molecule has 1 N–H and O–H groups in total. The lowest BCUT2D eigenvalue weighted by Crippen LogP contribution is -2.40. The molecule has 0 radical (unpaired) electrons. The van der Waals surface area contributed by atoms with Gasteiger partial charge in [-0.15, -0.1) is 0 Å². The lowest BCUT2D eigenvalue weighted by Gasteiger charge is -2.27. The van der Waals surface area contributed by atoms with E-state index in [1.54, 1.807) is 25.4 Å². The number of nitrogens with zero attached hydrogens (tertiary/aromatic N) is 2. The van der Waals surface area contributed by atoms with E-state index >= 15 is 0 Å². The van der Waals surface area contributed by atoms with E-state index in [9.17, 15) is 9.90 Å². The molecule has 1 aromatic heterocycles. The van der Waals surface area contributed by atoms with Gasteiger partial charge in [-0.05, 0) is 25.3 Å². The SMILES string of the molecule is CC(C)CC(C)(C(=O)O)n1cccn1. The molecular formula is C10H16N2O2. The van der Waals surface area contributed by atoms with Gasteiger partial charge in [-0.3, -0.25) is 4.68 Å². The molecule has 0 bridgehead atoms.